The van der Waals surface area contributed by atoms with Crippen LogP contribution >= 0.6 is 23.2 Å². The summed E-state index contributed by atoms with van der Waals surface area (Å²) in [4.78, 5) is 10.7. The summed E-state index contributed by atoms with van der Waals surface area (Å²) in [5.41, 5.74) is 1.50. The zero-order valence-electron chi connectivity index (χ0n) is 11.8. The zero-order valence-corrected chi connectivity index (χ0v) is 17.3. The van der Waals surface area contributed by atoms with Crippen LogP contribution in [-0.4, -0.2) is 5.97 Å². The van der Waals surface area contributed by atoms with Crippen molar-refractivity contribution in [3.8, 4) is 0 Å². The molecule has 7 heteroatoms. The Balaban J connectivity index is 0.00000200. The summed E-state index contributed by atoms with van der Waals surface area (Å²) < 4.78 is 0. The Kier molecular flexibility index (Phi) is 10.3. The van der Waals surface area contributed by atoms with Crippen molar-refractivity contribution in [1.82, 2.24) is 0 Å². The van der Waals surface area contributed by atoms with Gasteiger partial charge in [0.2, 0.25) is 0 Å². The van der Waals surface area contributed by atoms with Crippen molar-refractivity contribution in [2.24, 2.45) is 0 Å². The fourth-order valence-corrected chi connectivity index (χ4v) is 2.12. The van der Waals surface area contributed by atoms with Crippen LogP contribution in [0.5, 0.6) is 0 Å². The molecule has 2 rings (SSSR count). The van der Waals surface area contributed by atoms with Gasteiger partial charge in [0.1, 0.15) is 0 Å². The molecular weight excluding hydrogens is 331 g/mol. The largest absolute Gasteiger partial charge is 1.00 e. The molecule has 0 aliphatic heterocycles. The maximum Gasteiger partial charge on any atom is 1.00 e. The maximum atomic E-state index is 10.7. The Morgan fingerprint density at radius 1 is 1.00 bits per heavy atom. The number of para-hydroxylation sites is 2. The van der Waals surface area contributed by atoms with Crippen molar-refractivity contribution in [1.29, 1.82) is 0 Å². The van der Waals surface area contributed by atoms with Gasteiger partial charge >= 0.3 is 59.1 Å². The van der Waals surface area contributed by atoms with Crippen LogP contribution in [0.25, 0.3) is 5.32 Å². The molecule has 0 saturated heterocycles. The molecule has 0 spiro atoms. The van der Waals surface area contributed by atoms with Crippen LogP contribution in [0.1, 0.15) is 5.56 Å². The summed E-state index contributed by atoms with van der Waals surface area (Å²) in [5.74, 6) is -1.16. The predicted molar refractivity (Wildman–Crippen MR) is 74.3 cm³/mol. The summed E-state index contributed by atoms with van der Waals surface area (Å²) in [6, 6.07) is 12.0. The normalized spacial score (nSPS) is 9.24. The summed E-state index contributed by atoms with van der Waals surface area (Å²) in [6.07, 6.45) is -0.207. The number of nitrogens with zero attached hydrogens (tertiary/aromatic N) is 1. The molecular formula is C14H9Cl2NNa2O2. The third kappa shape index (κ3) is 6.12. The second kappa shape index (κ2) is 10.1. The minimum Gasteiger partial charge on any atom is -0.655 e. The van der Waals surface area contributed by atoms with E-state index in [1.807, 2.05) is 0 Å². The first-order valence-corrected chi connectivity index (χ1v) is 6.27. The number of aliphatic carboxylic acids is 1. The van der Waals surface area contributed by atoms with E-state index >= 15 is 0 Å². The number of carboxylic acid groups (broad SMARTS) is 1. The van der Waals surface area contributed by atoms with Gasteiger partial charge in [0.05, 0.1) is 0 Å². The quantitative estimate of drug-likeness (QED) is 0.585. The molecule has 0 aromatic heterocycles. The van der Waals surface area contributed by atoms with Crippen LogP contribution < -0.4 is 64.2 Å². The predicted octanol–water partition coefficient (Wildman–Crippen LogP) is -2.37. The molecule has 3 nitrogen and oxygen atoms in total. The molecule has 98 valence electrons. The van der Waals surface area contributed by atoms with E-state index in [4.69, 9.17) is 23.2 Å². The van der Waals surface area contributed by atoms with Gasteiger partial charge in [-0.15, -0.1) is 5.69 Å². The zero-order chi connectivity index (χ0) is 13.8. The molecule has 2 aromatic rings. The first-order valence-electron chi connectivity index (χ1n) is 5.51. The number of hydrogen-bond acceptors (Lipinski definition) is 2. The van der Waals surface area contributed by atoms with E-state index in [9.17, 15) is 9.90 Å². The fourth-order valence-electron chi connectivity index (χ4n) is 1.64. The Hall–Kier alpha value is 0.290. The van der Waals surface area contributed by atoms with Gasteiger partial charge in [-0.2, -0.15) is 0 Å². The van der Waals surface area contributed by atoms with Crippen LogP contribution in [0, 0.1) is 0 Å². The second-order valence-corrected chi connectivity index (χ2v) is 4.67. The van der Waals surface area contributed by atoms with Crippen molar-refractivity contribution >= 4 is 40.5 Å². The smallest absolute Gasteiger partial charge is 0.655 e. The summed E-state index contributed by atoms with van der Waals surface area (Å²) >= 11 is 12.1. The van der Waals surface area contributed by atoms with Gasteiger partial charge in [-0.25, -0.2) is 0 Å². The number of carbonyl (C=O) groups is 1. The summed E-state index contributed by atoms with van der Waals surface area (Å²) in [5, 5.41) is 15.9. The summed E-state index contributed by atoms with van der Waals surface area (Å²) in [7, 11) is 0. The maximum absolute atomic E-state index is 10.7. The van der Waals surface area contributed by atoms with E-state index < -0.39 is 5.97 Å². The van der Waals surface area contributed by atoms with Crippen LogP contribution in [0.2, 0.25) is 10.0 Å². The van der Waals surface area contributed by atoms with Gasteiger partial charge in [0.25, 0.3) is 0 Å². The molecule has 0 aliphatic rings. The average molecular weight is 340 g/mol. The second-order valence-electron chi connectivity index (χ2n) is 3.86. The molecule has 0 fully saturated rings. The molecule has 0 N–H and O–H groups in total. The van der Waals surface area contributed by atoms with Gasteiger partial charge in [-0.3, -0.25) is 0 Å². The van der Waals surface area contributed by atoms with Crippen LogP contribution in [0.4, 0.5) is 11.4 Å². The van der Waals surface area contributed by atoms with Crippen molar-refractivity contribution in [3.63, 3.8) is 0 Å². The van der Waals surface area contributed by atoms with Gasteiger partial charge < -0.3 is 15.2 Å². The van der Waals surface area contributed by atoms with E-state index in [1.165, 1.54) is 0 Å². The molecule has 0 unspecified atom stereocenters. The third-order valence-electron chi connectivity index (χ3n) is 2.50. The van der Waals surface area contributed by atoms with Gasteiger partial charge in [-0.1, -0.05) is 64.8 Å². The Morgan fingerprint density at radius 2 is 1.57 bits per heavy atom. The van der Waals surface area contributed by atoms with E-state index in [0.717, 1.165) is 0 Å². The molecule has 0 bridgehead atoms. The molecule has 0 radical (unpaired) electrons. The van der Waals surface area contributed by atoms with E-state index in [-0.39, 0.29) is 65.5 Å². The van der Waals surface area contributed by atoms with E-state index in [2.05, 4.69) is 5.32 Å². The topological polar surface area (TPSA) is 54.2 Å². The standard InChI is InChI=1S/C14H10Cl2NO2.2Na/c15-10-5-3-6-11(16)14(10)17-12-7-2-1-4-9(12)8-13(18)19;;/h1-7H,8H2,(H,18,19);;/q-1;2*+1/p-1. The van der Waals surface area contributed by atoms with Crippen LogP contribution in [-0.2, 0) is 11.2 Å². The minimum atomic E-state index is -1.16. The minimum absolute atomic E-state index is 0. The Morgan fingerprint density at radius 3 is 2.14 bits per heavy atom. The monoisotopic (exact) mass is 339 g/mol. The number of carboxylic acids is 1. The van der Waals surface area contributed by atoms with Crippen molar-refractivity contribution < 1.29 is 69.0 Å². The Labute approximate surface area is 177 Å². The van der Waals surface area contributed by atoms with Crippen molar-refractivity contribution in [3.05, 3.63) is 63.4 Å². The number of carbonyl (C=O) groups excluding carboxylic acids is 1. The summed E-state index contributed by atoms with van der Waals surface area (Å²) in [6.45, 7) is 0. The average Bonchev–Trinajstić information content (AvgIpc) is 2.35. The van der Waals surface area contributed by atoms with Crippen molar-refractivity contribution in [2.75, 3.05) is 0 Å². The third-order valence-corrected chi connectivity index (χ3v) is 3.11. The van der Waals surface area contributed by atoms with Crippen molar-refractivity contribution in [2.45, 2.75) is 6.42 Å². The van der Waals surface area contributed by atoms with Gasteiger partial charge in [-0.05, 0) is 12.1 Å². The van der Waals surface area contributed by atoms with E-state index in [0.29, 0.717) is 27.0 Å². The first-order chi connectivity index (χ1) is 9.08. The van der Waals surface area contributed by atoms with E-state index in [1.54, 1.807) is 42.5 Å². The van der Waals surface area contributed by atoms with Crippen LogP contribution in [0.15, 0.2) is 42.5 Å². The SMILES string of the molecule is O=C([O-])Cc1ccccc1[N-]c1c(Cl)cccc1Cl.[Na+].[Na+]. The number of hydrogen-bond donors (Lipinski definition) is 0. The first kappa shape index (κ1) is 21.3. The molecule has 21 heavy (non-hydrogen) atoms. The molecule has 0 saturated carbocycles. The molecule has 0 heterocycles. The molecule has 0 aliphatic carbocycles. The Bertz CT molecular complexity index is 603. The molecule has 0 atom stereocenters. The van der Waals surface area contributed by atoms with Gasteiger partial charge in [0, 0.05) is 22.4 Å². The molecule has 0 amide bonds. The number of halogens is 2. The number of benzene rings is 2. The fraction of sp³-hybridized carbons (Fsp3) is 0.0714. The number of rotatable bonds is 4. The molecule has 2 aromatic carbocycles. The van der Waals surface area contributed by atoms with Crippen LogP contribution in [0.3, 0.4) is 0 Å². The van der Waals surface area contributed by atoms with Gasteiger partial charge in [0.15, 0.2) is 0 Å².